The summed E-state index contributed by atoms with van der Waals surface area (Å²) in [6, 6.07) is 14.7. The quantitative estimate of drug-likeness (QED) is 0.299. The summed E-state index contributed by atoms with van der Waals surface area (Å²) in [5.74, 6) is 3.27. The minimum Gasteiger partial charge on any atom is -0.496 e. The van der Waals surface area contributed by atoms with Crippen LogP contribution in [-0.4, -0.2) is 75.7 Å². The fourth-order valence-electron chi connectivity index (χ4n) is 7.62. The zero-order valence-corrected chi connectivity index (χ0v) is 27.6. The first kappa shape index (κ1) is 31.7. The van der Waals surface area contributed by atoms with Crippen LogP contribution in [0.2, 0.25) is 0 Å². The molecule has 1 saturated heterocycles. The molecule has 3 aliphatic carbocycles. The highest BCUT2D eigenvalue weighted by molar-refractivity contribution is 5.95. The van der Waals surface area contributed by atoms with Crippen molar-refractivity contribution in [2.24, 2.45) is 11.8 Å². The third-order valence-corrected chi connectivity index (χ3v) is 10.7. The number of β-amino-alcohol motifs (C(OH)–C–C–N with tert-alkyl or cyclic N) is 1. The number of anilines is 1. The van der Waals surface area contributed by atoms with E-state index in [1.807, 2.05) is 27.8 Å². The lowest BCUT2D eigenvalue weighted by atomic mass is 9.78. The number of carbonyl (C=O) groups is 2. The zero-order chi connectivity index (χ0) is 32.5. The Kier molecular flexibility index (Phi) is 9.21. The molecule has 10 heteroatoms. The van der Waals surface area contributed by atoms with E-state index in [0.717, 1.165) is 61.5 Å². The molecule has 2 amide bonds. The average Bonchev–Trinajstić information content (AvgIpc) is 3.81. The first-order valence-electron chi connectivity index (χ1n) is 17.5. The molecule has 1 aliphatic heterocycles. The predicted octanol–water partition coefficient (Wildman–Crippen LogP) is 6.14. The maximum Gasteiger partial charge on any atom is 0.410 e. The SMILES string of the molecule is COc1ccc(C2CCC(CN(C(=O)C3CCC(OC(=O)N4CC(O)C4)CC3)c3cccc(-n4cnc(C5CC5)n4)c3)CC2)cc1C. The maximum atomic E-state index is 14.4. The molecular formula is C37H47N5O5. The maximum absolute atomic E-state index is 14.4. The van der Waals surface area contributed by atoms with E-state index in [4.69, 9.17) is 14.6 Å². The summed E-state index contributed by atoms with van der Waals surface area (Å²) < 4.78 is 13.0. The number of nitrogens with zero attached hydrogens (tertiary/aromatic N) is 5. The van der Waals surface area contributed by atoms with Gasteiger partial charge in [-0.05, 0) is 118 Å². The number of hydrogen-bond donors (Lipinski definition) is 1. The van der Waals surface area contributed by atoms with Gasteiger partial charge in [-0.1, -0.05) is 18.2 Å². The Labute approximate surface area is 277 Å². The van der Waals surface area contributed by atoms with E-state index >= 15 is 0 Å². The molecule has 0 spiro atoms. The van der Waals surface area contributed by atoms with Gasteiger partial charge in [-0.15, -0.1) is 0 Å². The van der Waals surface area contributed by atoms with Crippen molar-refractivity contribution in [3.8, 4) is 11.4 Å². The Bertz CT molecular complexity index is 1560. The van der Waals surface area contributed by atoms with Gasteiger partial charge in [0.25, 0.3) is 0 Å². The Balaban J connectivity index is 1.04. The zero-order valence-electron chi connectivity index (χ0n) is 27.6. The van der Waals surface area contributed by atoms with Gasteiger partial charge >= 0.3 is 6.09 Å². The number of rotatable bonds is 9. The lowest BCUT2D eigenvalue weighted by Crippen LogP contribution is -2.54. The van der Waals surface area contributed by atoms with Crippen LogP contribution in [0.4, 0.5) is 10.5 Å². The minimum absolute atomic E-state index is 0.120. The van der Waals surface area contributed by atoms with E-state index in [0.29, 0.717) is 63.1 Å². The highest BCUT2D eigenvalue weighted by Crippen LogP contribution is 2.40. The van der Waals surface area contributed by atoms with Crippen LogP contribution in [0.5, 0.6) is 5.75 Å². The number of hydrogen-bond acceptors (Lipinski definition) is 7. The number of likely N-dealkylation sites (tertiary alicyclic amines) is 1. The number of amides is 2. The first-order valence-corrected chi connectivity index (χ1v) is 17.5. The molecule has 1 N–H and O–H groups in total. The summed E-state index contributed by atoms with van der Waals surface area (Å²) in [6.07, 6.45) is 10.1. The van der Waals surface area contributed by atoms with Gasteiger partial charge in [0.15, 0.2) is 5.82 Å². The van der Waals surface area contributed by atoms with Gasteiger partial charge < -0.3 is 24.4 Å². The smallest absolute Gasteiger partial charge is 0.410 e. The topological polar surface area (TPSA) is 110 Å². The number of aryl methyl sites for hydroxylation is 1. The summed E-state index contributed by atoms with van der Waals surface area (Å²) in [5.41, 5.74) is 4.35. The normalized spacial score (nSPS) is 24.8. The number of aromatic nitrogens is 3. The number of aliphatic hydroxyl groups is 1. The molecule has 0 radical (unpaired) electrons. The van der Waals surface area contributed by atoms with Crippen molar-refractivity contribution in [1.82, 2.24) is 19.7 Å². The second-order valence-corrected chi connectivity index (χ2v) is 14.2. The molecule has 7 rings (SSSR count). The summed E-state index contributed by atoms with van der Waals surface area (Å²) in [7, 11) is 1.72. The fraction of sp³-hybridized carbons (Fsp3) is 0.568. The highest BCUT2D eigenvalue weighted by Gasteiger charge is 2.36. The summed E-state index contributed by atoms with van der Waals surface area (Å²) in [4.78, 5) is 34.9. The molecule has 3 saturated carbocycles. The molecule has 10 nitrogen and oxygen atoms in total. The molecule has 4 fully saturated rings. The third-order valence-electron chi connectivity index (χ3n) is 10.7. The Morgan fingerprint density at radius 1 is 0.936 bits per heavy atom. The van der Waals surface area contributed by atoms with E-state index in [9.17, 15) is 14.7 Å². The Morgan fingerprint density at radius 3 is 2.36 bits per heavy atom. The van der Waals surface area contributed by atoms with Crippen molar-refractivity contribution >= 4 is 17.7 Å². The van der Waals surface area contributed by atoms with E-state index in [2.05, 4.69) is 36.2 Å². The van der Waals surface area contributed by atoms with E-state index in [1.54, 1.807) is 13.4 Å². The van der Waals surface area contributed by atoms with Crippen molar-refractivity contribution in [3.05, 3.63) is 65.7 Å². The van der Waals surface area contributed by atoms with Crippen molar-refractivity contribution in [2.75, 3.05) is 31.6 Å². The van der Waals surface area contributed by atoms with Gasteiger partial charge in [0.1, 0.15) is 18.2 Å². The van der Waals surface area contributed by atoms with Crippen LogP contribution in [0.1, 0.15) is 93.0 Å². The summed E-state index contributed by atoms with van der Waals surface area (Å²) in [6.45, 7) is 3.46. The molecule has 0 bridgehead atoms. The minimum atomic E-state index is -0.452. The standard InChI is InChI=1S/C37H47N5O5/c1-24-18-29(14-17-34(24)46-2)26-8-6-25(7-9-26)20-41(30-4-3-5-31(19-30)42-23-38-35(39-42)27-10-11-27)36(44)28-12-15-33(16-13-28)47-37(45)40-21-32(43)22-40/h3-5,14,17-19,23,25-28,32-33,43H,6-13,15-16,20-22H2,1-2H3. The highest BCUT2D eigenvalue weighted by atomic mass is 16.6. The number of methoxy groups -OCH3 is 1. The lowest BCUT2D eigenvalue weighted by Gasteiger charge is -2.38. The van der Waals surface area contributed by atoms with Crippen LogP contribution in [0, 0.1) is 18.8 Å². The Hall–Kier alpha value is -3.92. The molecule has 2 heterocycles. The van der Waals surface area contributed by atoms with Crippen molar-refractivity contribution in [3.63, 3.8) is 0 Å². The molecule has 3 aromatic rings. The predicted molar refractivity (Wildman–Crippen MR) is 178 cm³/mol. The molecule has 2 aromatic carbocycles. The van der Waals surface area contributed by atoms with Gasteiger partial charge in [0.2, 0.25) is 5.91 Å². The van der Waals surface area contributed by atoms with Crippen LogP contribution in [0.3, 0.4) is 0 Å². The average molecular weight is 642 g/mol. The summed E-state index contributed by atoms with van der Waals surface area (Å²) >= 11 is 0. The largest absolute Gasteiger partial charge is 0.496 e. The Morgan fingerprint density at radius 2 is 1.68 bits per heavy atom. The second-order valence-electron chi connectivity index (χ2n) is 14.2. The number of aliphatic hydroxyl groups excluding tert-OH is 1. The number of benzene rings is 2. The molecular weight excluding hydrogens is 594 g/mol. The van der Waals surface area contributed by atoms with Crippen LogP contribution in [0.15, 0.2) is 48.8 Å². The van der Waals surface area contributed by atoms with Crippen LogP contribution >= 0.6 is 0 Å². The van der Waals surface area contributed by atoms with Gasteiger partial charge in [-0.2, -0.15) is 5.10 Å². The second kappa shape index (κ2) is 13.7. The molecule has 1 aromatic heterocycles. The molecule has 0 atom stereocenters. The van der Waals surface area contributed by atoms with E-state index in [-0.39, 0.29) is 24.0 Å². The number of ether oxygens (including phenoxy) is 2. The monoisotopic (exact) mass is 641 g/mol. The third kappa shape index (κ3) is 7.17. The number of carbonyl (C=O) groups excluding carboxylic acids is 2. The summed E-state index contributed by atoms with van der Waals surface area (Å²) in [5, 5.41) is 14.3. The van der Waals surface area contributed by atoms with Gasteiger partial charge in [0, 0.05) is 24.1 Å². The van der Waals surface area contributed by atoms with Crippen molar-refractivity contribution in [1.29, 1.82) is 0 Å². The van der Waals surface area contributed by atoms with Crippen LogP contribution in [0.25, 0.3) is 5.69 Å². The van der Waals surface area contributed by atoms with Crippen molar-refractivity contribution < 1.29 is 24.2 Å². The van der Waals surface area contributed by atoms with Gasteiger partial charge in [-0.3, -0.25) is 4.79 Å². The van der Waals surface area contributed by atoms with Crippen molar-refractivity contribution in [2.45, 2.75) is 95.2 Å². The molecule has 250 valence electrons. The van der Waals surface area contributed by atoms with Gasteiger partial charge in [0.05, 0.1) is 32.0 Å². The fourth-order valence-corrected chi connectivity index (χ4v) is 7.62. The van der Waals surface area contributed by atoms with E-state index < -0.39 is 6.10 Å². The lowest BCUT2D eigenvalue weighted by molar-refractivity contribution is -0.124. The van der Waals surface area contributed by atoms with Crippen LogP contribution in [-0.2, 0) is 9.53 Å². The van der Waals surface area contributed by atoms with Gasteiger partial charge in [-0.25, -0.2) is 14.5 Å². The molecule has 47 heavy (non-hydrogen) atoms. The van der Waals surface area contributed by atoms with Crippen LogP contribution < -0.4 is 9.64 Å². The first-order chi connectivity index (χ1) is 22.8. The molecule has 0 unspecified atom stereocenters. The molecule has 4 aliphatic rings. The van der Waals surface area contributed by atoms with E-state index in [1.165, 1.54) is 16.0 Å².